The molecule has 0 aliphatic rings. The van der Waals surface area contributed by atoms with Gasteiger partial charge in [-0.05, 0) is 50.0 Å². The summed E-state index contributed by atoms with van der Waals surface area (Å²) < 4.78 is 10.4. The van der Waals surface area contributed by atoms with Gasteiger partial charge in [0.2, 0.25) is 0 Å². The molecule has 0 heterocycles. The van der Waals surface area contributed by atoms with Crippen LogP contribution >= 0.6 is 23.5 Å². The number of carbonyl (C=O) groups excluding carboxylic acids is 2. The van der Waals surface area contributed by atoms with Gasteiger partial charge in [0.25, 0.3) is 0 Å². The fraction of sp³-hybridized carbons (Fsp3) is 0.786. The maximum atomic E-state index is 11.8. The molecule has 0 aromatic carbocycles. The van der Waals surface area contributed by atoms with Gasteiger partial charge in [0, 0.05) is 0 Å². The molecule has 4 N–H and O–H groups in total. The van der Waals surface area contributed by atoms with Gasteiger partial charge in [-0.2, -0.15) is 0 Å². The van der Waals surface area contributed by atoms with Gasteiger partial charge in [0.15, 0.2) is 0 Å². The predicted octanol–water partition coefficient (Wildman–Crippen LogP) is 7.42. The smallest absolute Gasteiger partial charge is 0.333 e. The zero-order chi connectivity index (χ0) is 26.7. The molecule has 0 spiro atoms. The summed E-state index contributed by atoms with van der Waals surface area (Å²) in [6.45, 7) is 5.18. The zero-order valence-electron chi connectivity index (χ0n) is 22.9. The zero-order valence-corrected chi connectivity index (χ0v) is 24.5. The number of rotatable bonds is 25. The van der Waals surface area contributed by atoms with Crippen molar-refractivity contribution in [3.05, 3.63) is 22.2 Å². The van der Waals surface area contributed by atoms with Crippen LogP contribution in [-0.2, 0) is 19.1 Å². The third-order valence-electron chi connectivity index (χ3n) is 5.58. The van der Waals surface area contributed by atoms with Crippen LogP contribution in [-0.4, -0.2) is 36.7 Å². The minimum absolute atomic E-state index is 0.375. The molecular weight excluding hydrogens is 492 g/mol. The minimum Gasteiger partial charge on any atom is -0.462 e. The monoisotopic (exact) mass is 544 g/mol. The quantitative estimate of drug-likeness (QED) is 0.0695. The van der Waals surface area contributed by atoms with Crippen LogP contribution < -0.4 is 11.5 Å². The molecule has 0 aromatic heterocycles. The second-order valence-corrected chi connectivity index (χ2v) is 11.4. The maximum Gasteiger partial charge on any atom is 0.333 e. The number of thioether (sulfide) groups is 2. The van der Waals surface area contributed by atoms with E-state index in [1.165, 1.54) is 99.9 Å². The lowest BCUT2D eigenvalue weighted by Crippen LogP contribution is -2.07. The van der Waals surface area contributed by atoms with Gasteiger partial charge >= 0.3 is 11.9 Å². The van der Waals surface area contributed by atoms with Crippen molar-refractivity contribution < 1.29 is 19.1 Å². The van der Waals surface area contributed by atoms with Crippen molar-refractivity contribution in [2.45, 2.75) is 117 Å². The van der Waals surface area contributed by atoms with Crippen LogP contribution in [0.25, 0.3) is 0 Å². The highest BCUT2D eigenvalue weighted by Crippen LogP contribution is 2.15. The summed E-state index contributed by atoms with van der Waals surface area (Å²) >= 11 is 3.04. The van der Waals surface area contributed by atoms with E-state index in [0.717, 1.165) is 50.0 Å². The van der Waals surface area contributed by atoms with Crippen LogP contribution in [0.4, 0.5) is 0 Å². The van der Waals surface area contributed by atoms with E-state index in [4.69, 9.17) is 20.9 Å². The lowest BCUT2D eigenvalue weighted by molar-refractivity contribution is -0.139. The molecule has 0 saturated carbocycles. The molecule has 0 radical (unpaired) electrons. The molecule has 8 heteroatoms. The lowest BCUT2D eigenvalue weighted by Gasteiger charge is -2.05. The van der Waals surface area contributed by atoms with Gasteiger partial charge in [0.05, 0.1) is 35.4 Å². The van der Waals surface area contributed by atoms with Crippen molar-refractivity contribution in [2.75, 3.05) is 24.7 Å². The van der Waals surface area contributed by atoms with Crippen molar-refractivity contribution in [3.63, 3.8) is 0 Å². The van der Waals surface area contributed by atoms with Gasteiger partial charge < -0.3 is 20.9 Å². The van der Waals surface area contributed by atoms with Crippen LogP contribution in [0.3, 0.4) is 0 Å². The van der Waals surface area contributed by atoms with E-state index in [9.17, 15) is 9.59 Å². The van der Waals surface area contributed by atoms with E-state index < -0.39 is 0 Å². The van der Waals surface area contributed by atoms with Crippen LogP contribution in [0.1, 0.15) is 117 Å². The molecule has 0 bridgehead atoms. The predicted molar refractivity (Wildman–Crippen MR) is 157 cm³/mol. The van der Waals surface area contributed by atoms with Gasteiger partial charge in [-0.25, -0.2) is 9.59 Å². The number of ether oxygens (including phenoxy) is 2. The van der Waals surface area contributed by atoms with Crippen LogP contribution in [0.5, 0.6) is 0 Å². The van der Waals surface area contributed by atoms with Gasteiger partial charge in [-0.3, -0.25) is 0 Å². The molecule has 6 nitrogen and oxygen atoms in total. The van der Waals surface area contributed by atoms with Crippen molar-refractivity contribution in [1.29, 1.82) is 0 Å². The van der Waals surface area contributed by atoms with Crippen molar-refractivity contribution >= 4 is 35.5 Å². The number of carbonyl (C=O) groups is 2. The SMILES string of the molecule is CCCCCCCCS/C(N)=C\C(=O)OCCCCCCOC(=O)/C=C(/N)SCCCCCCCC. The highest BCUT2D eigenvalue weighted by Gasteiger charge is 2.03. The first-order valence-corrected chi connectivity index (χ1v) is 16.0. The molecular formula is C28H52N2O4S2. The summed E-state index contributed by atoms with van der Waals surface area (Å²) in [6, 6.07) is 0. The molecule has 0 aliphatic carbocycles. The van der Waals surface area contributed by atoms with Gasteiger partial charge in [-0.1, -0.05) is 78.1 Å². The number of hydrogen-bond acceptors (Lipinski definition) is 8. The molecule has 0 unspecified atom stereocenters. The fourth-order valence-corrected chi connectivity index (χ4v) is 4.97. The molecule has 210 valence electrons. The van der Waals surface area contributed by atoms with Crippen LogP contribution in [0.2, 0.25) is 0 Å². The maximum absolute atomic E-state index is 11.8. The Hall–Kier alpha value is -1.28. The summed E-state index contributed by atoms with van der Waals surface area (Å²) in [5.74, 6) is 1.12. The first-order valence-electron chi connectivity index (χ1n) is 14.0. The molecule has 0 aromatic rings. The Morgan fingerprint density at radius 1 is 0.556 bits per heavy atom. The third-order valence-corrected chi connectivity index (χ3v) is 7.47. The number of nitrogens with two attached hydrogens (primary N) is 2. The summed E-state index contributed by atoms with van der Waals surface area (Å²) in [7, 11) is 0. The Bertz CT molecular complexity index is 560. The Morgan fingerprint density at radius 3 is 1.28 bits per heavy atom. The largest absolute Gasteiger partial charge is 0.462 e. The first kappa shape index (κ1) is 34.7. The molecule has 0 atom stereocenters. The van der Waals surface area contributed by atoms with E-state index in [-0.39, 0.29) is 11.9 Å². The first-order chi connectivity index (χ1) is 17.5. The Kier molecular flexibility index (Phi) is 25.8. The van der Waals surface area contributed by atoms with E-state index >= 15 is 0 Å². The summed E-state index contributed by atoms with van der Waals surface area (Å²) in [6.07, 6.45) is 21.1. The van der Waals surface area contributed by atoms with Crippen molar-refractivity contribution in [3.8, 4) is 0 Å². The van der Waals surface area contributed by atoms with Gasteiger partial charge in [-0.15, -0.1) is 23.5 Å². The molecule has 36 heavy (non-hydrogen) atoms. The molecule has 0 fully saturated rings. The Morgan fingerprint density at radius 2 is 0.889 bits per heavy atom. The molecule has 0 amide bonds. The summed E-state index contributed by atoms with van der Waals surface area (Å²) in [4.78, 5) is 23.7. The molecule has 0 saturated heterocycles. The third kappa shape index (κ3) is 25.8. The highest BCUT2D eigenvalue weighted by molar-refractivity contribution is 8.03. The Labute approximate surface area is 229 Å². The minimum atomic E-state index is -0.379. The standard InChI is InChI=1S/C28H52N2O4S2/c1-3-5-7-9-13-17-21-35-25(29)23-27(31)33-19-15-11-12-16-20-34-28(32)24-26(30)36-22-18-14-10-8-6-4-2/h23-24H,3-22,29-30H2,1-2H3/b25-23-,26-24-. The Balaban J connectivity index is 3.62. The number of hydrogen-bond donors (Lipinski definition) is 2. The van der Waals surface area contributed by atoms with Crippen molar-refractivity contribution in [1.82, 2.24) is 0 Å². The van der Waals surface area contributed by atoms with Crippen LogP contribution in [0.15, 0.2) is 22.2 Å². The molecule has 0 aliphatic heterocycles. The summed E-state index contributed by atoms with van der Waals surface area (Å²) in [5.41, 5.74) is 11.8. The topological polar surface area (TPSA) is 105 Å². The van der Waals surface area contributed by atoms with Crippen LogP contribution in [0, 0.1) is 0 Å². The number of esters is 2. The van der Waals surface area contributed by atoms with E-state index in [1.54, 1.807) is 0 Å². The average Bonchev–Trinajstić information content (AvgIpc) is 2.84. The van der Waals surface area contributed by atoms with E-state index in [1.807, 2.05) is 0 Å². The van der Waals surface area contributed by atoms with E-state index in [2.05, 4.69) is 13.8 Å². The fourth-order valence-electron chi connectivity index (χ4n) is 3.45. The second-order valence-electron chi connectivity index (χ2n) is 9.08. The van der Waals surface area contributed by atoms with Gasteiger partial charge in [0.1, 0.15) is 0 Å². The highest BCUT2D eigenvalue weighted by atomic mass is 32.2. The van der Waals surface area contributed by atoms with Crippen molar-refractivity contribution in [2.24, 2.45) is 11.5 Å². The number of unbranched alkanes of at least 4 members (excludes halogenated alkanes) is 13. The van der Waals surface area contributed by atoms with E-state index in [0.29, 0.717) is 23.3 Å². The molecule has 0 rings (SSSR count). The average molecular weight is 545 g/mol. The second kappa shape index (κ2) is 26.8. The summed E-state index contributed by atoms with van der Waals surface area (Å²) in [5, 5.41) is 1.04. The normalized spacial score (nSPS) is 12.1. The lowest BCUT2D eigenvalue weighted by atomic mass is 10.1.